The van der Waals surface area contributed by atoms with Crippen LogP contribution < -0.4 is 10.6 Å². The smallest absolute Gasteiger partial charge is 0.289 e. The third-order valence-corrected chi connectivity index (χ3v) is 8.53. The molecule has 3 aliphatic heterocycles. The second-order valence-corrected chi connectivity index (χ2v) is 10.7. The van der Waals surface area contributed by atoms with Gasteiger partial charge in [0.15, 0.2) is 5.76 Å². The van der Waals surface area contributed by atoms with E-state index in [0.29, 0.717) is 16.8 Å². The first-order chi connectivity index (χ1) is 16.0. The minimum Gasteiger partial charge on any atom is -0.450 e. The second-order valence-electron chi connectivity index (χ2n) is 10.3. The van der Waals surface area contributed by atoms with Crippen LogP contribution in [0.5, 0.6) is 0 Å². The number of carbonyl (C=O) groups is 1. The highest BCUT2D eigenvalue weighted by molar-refractivity contribution is 6.34. The van der Waals surface area contributed by atoms with E-state index in [1.54, 1.807) is 0 Å². The average Bonchev–Trinajstić information content (AvgIpc) is 3.50. The molecule has 6 rings (SSSR count). The normalized spacial score (nSPS) is 23.5. The van der Waals surface area contributed by atoms with Crippen LogP contribution in [0.3, 0.4) is 0 Å². The number of likely N-dealkylation sites (tertiary alicyclic amines) is 2. The highest BCUT2D eigenvalue weighted by atomic mass is 35.5. The number of benzene rings is 1. The van der Waals surface area contributed by atoms with Gasteiger partial charge in [0.25, 0.3) is 5.91 Å². The van der Waals surface area contributed by atoms with Crippen LogP contribution in [0.1, 0.15) is 73.9 Å². The van der Waals surface area contributed by atoms with Crippen LogP contribution >= 0.6 is 11.6 Å². The number of furan rings is 1. The van der Waals surface area contributed by atoms with Gasteiger partial charge in [0, 0.05) is 30.1 Å². The van der Waals surface area contributed by atoms with E-state index in [0.717, 1.165) is 79.7 Å². The maximum atomic E-state index is 13.4. The SMILES string of the molecule is C=C1Nc2c(Cl)cc3cc(C(=O)N4CCC(N5CCCC5)CC4)oc3c2C2(CCCCC2)N1. The third-order valence-electron chi connectivity index (χ3n) is 8.23. The molecule has 7 heteroatoms. The lowest BCUT2D eigenvalue weighted by Gasteiger charge is -2.44. The largest absolute Gasteiger partial charge is 0.450 e. The molecule has 1 amide bonds. The Balaban J connectivity index is 1.31. The molecule has 0 radical (unpaired) electrons. The van der Waals surface area contributed by atoms with Crippen molar-refractivity contribution in [2.45, 2.75) is 69.4 Å². The zero-order valence-electron chi connectivity index (χ0n) is 19.2. The van der Waals surface area contributed by atoms with Gasteiger partial charge >= 0.3 is 0 Å². The van der Waals surface area contributed by atoms with Gasteiger partial charge in [-0.2, -0.15) is 0 Å². The molecule has 3 fully saturated rings. The van der Waals surface area contributed by atoms with Crippen molar-refractivity contribution in [1.82, 2.24) is 15.1 Å². The van der Waals surface area contributed by atoms with Gasteiger partial charge in [-0.15, -0.1) is 0 Å². The summed E-state index contributed by atoms with van der Waals surface area (Å²) in [5, 5.41) is 8.49. The molecule has 0 bridgehead atoms. The van der Waals surface area contributed by atoms with Gasteiger partial charge in [0.05, 0.1) is 22.1 Å². The minimum atomic E-state index is -0.245. The summed E-state index contributed by atoms with van der Waals surface area (Å²) in [6.07, 6.45) is 10.2. The molecule has 6 nitrogen and oxygen atoms in total. The summed E-state index contributed by atoms with van der Waals surface area (Å²) >= 11 is 6.73. The molecule has 33 heavy (non-hydrogen) atoms. The molecule has 0 unspecified atom stereocenters. The number of nitrogens with zero attached hydrogens (tertiary/aromatic N) is 2. The van der Waals surface area contributed by atoms with E-state index in [1.807, 2.05) is 17.0 Å². The molecule has 0 atom stereocenters. The summed E-state index contributed by atoms with van der Waals surface area (Å²) in [6, 6.07) is 4.42. The van der Waals surface area contributed by atoms with Gasteiger partial charge in [-0.25, -0.2) is 0 Å². The highest BCUT2D eigenvalue weighted by Gasteiger charge is 2.42. The molecule has 1 spiro atoms. The number of piperidine rings is 1. The van der Waals surface area contributed by atoms with Gasteiger partial charge in [0.1, 0.15) is 5.58 Å². The molecule has 2 N–H and O–H groups in total. The van der Waals surface area contributed by atoms with Gasteiger partial charge < -0.3 is 24.9 Å². The molecule has 1 aromatic heterocycles. The molecule has 2 aromatic rings. The van der Waals surface area contributed by atoms with Crippen molar-refractivity contribution in [3.63, 3.8) is 0 Å². The molecule has 1 aliphatic carbocycles. The predicted molar refractivity (Wildman–Crippen MR) is 132 cm³/mol. The maximum Gasteiger partial charge on any atom is 0.289 e. The van der Waals surface area contributed by atoms with Crippen LogP contribution in [0.25, 0.3) is 11.0 Å². The standard InChI is InChI=1S/C26H33ClN4O2/c1-17-28-23-20(27)15-18-16-21(33-24(18)22(23)26(29-17)9-3-2-4-10-26)25(32)31-13-7-19(8-14-31)30-11-5-6-12-30/h15-16,19,28-29H,1-14H2. The summed E-state index contributed by atoms with van der Waals surface area (Å²) < 4.78 is 6.36. The van der Waals surface area contributed by atoms with E-state index in [9.17, 15) is 4.79 Å². The van der Waals surface area contributed by atoms with Crippen molar-refractivity contribution < 1.29 is 9.21 Å². The number of fused-ring (bicyclic) bond motifs is 4. The van der Waals surface area contributed by atoms with Crippen LogP contribution in [0, 0.1) is 0 Å². The topological polar surface area (TPSA) is 60.8 Å². The summed E-state index contributed by atoms with van der Waals surface area (Å²) in [4.78, 5) is 18.0. The summed E-state index contributed by atoms with van der Waals surface area (Å²) in [6.45, 7) is 8.15. The number of hydrogen-bond donors (Lipinski definition) is 2. The first-order valence-electron chi connectivity index (χ1n) is 12.6. The van der Waals surface area contributed by atoms with Crippen molar-refractivity contribution in [2.75, 3.05) is 31.5 Å². The Morgan fingerprint density at radius 3 is 2.52 bits per heavy atom. The van der Waals surface area contributed by atoms with Crippen molar-refractivity contribution >= 4 is 34.2 Å². The lowest BCUT2D eigenvalue weighted by Crippen LogP contribution is -2.48. The van der Waals surface area contributed by atoms with Crippen molar-refractivity contribution in [3.05, 3.63) is 40.9 Å². The Labute approximate surface area is 200 Å². The fourth-order valence-electron chi connectivity index (χ4n) is 6.59. The molecular weight excluding hydrogens is 436 g/mol. The maximum absolute atomic E-state index is 13.4. The Bertz CT molecular complexity index is 1090. The Morgan fingerprint density at radius 2 is 1.79 bits per heavy atom. The number of carbonyl (C=O) groups excluding carboxylic acids is 1. The van der Waals surface area contributed by atoms with Gasteiger partial charge in [-0.1, -0.05) is 37.4 Å². The molecule has 176 valence electrons. The minimum absolute atomic E-state index is 0.00484. The first-order valence-corrected chi connectivity index (χ1v) is 13.0. The number of halogens is 1. The summed E-state index contributed by atoms with van der Waals surface area (Å²) in [5.41, 5.74) is 2.46. The van der Waals surface area contributed by atoms with Crippen LogP contribution in [0.15, 0.2) is 28.9 Å². The number of rotatable bonds is 2. The van der Waals surface area contributed by atoms with E-state index in [1.165, 1.54) is 32.4 Å². The number of anilines is 1. The van der Waals surface area contributed by atoms with Crippen LogP contribution in [-0.4, -0.2) is 47.9 Å². The Kier molecular flexibility index (Phi) is 5.33. The van der Waals surface area contributed by atoms with Crippen molar-refractivity contribution in [1.29, 1.82) is 0 Å². The van der Waals surface area contributed by atoms with Gasteiger partial charge in [-0.05, 0) is 63.7 Å². The van der Waals surface area contributed by atoms with E-state index >= 15 is 0 Å². The van der Waals surface area contributed by atoms with Crippen LogP contribution in [-0.2, 0) is 5.54 Å². The summed E-state index contributed by atoms with van der Waals surface area (Å²) in [7, 11) is 0. The molecule has 4 aliphatic rings. The molecule has 1 saturated carbocycles. The van der Waals surface area contributed by atoms with Crippen LogP contribution in [0.4, 0.5) is 5.69 Å². The number of nitrogens with one attached hydrogen (secondary N) is 2. The highest BCUT2D eigenvalue weighted by Crippen LogP contribution is 2.49. The molecule has 4 heterocycles. The predicted octanol–water partition coefficient (Wildman–Crippen LogP) is 5.43. The quantitative estimate of drug-likeness (QED) is 0.615. The summed E-state index contributed by atoms with van der Waals surface area (Å²) in [5.74, 6) is 1.19. The number of hydrogen-bond acceptors (Lipinski definition) is 5. The van der Waals surface area contributed by atoms with Crippen molar-refractivity contribution in [3.8, 4) is 0 Å². The Hall–Kier alpha value is -2.18. The Morgan fingerprint density at radius 1 is 1.06 bits per heavy atom. The zero-order chi connectivity index (χ0) is 22.6. The lowest BCUT2D eigenvalue weighted by molar-refractivity contribution is 0.0616. The van der Waals surface area contributed by atoms with Gasteiger partial charge in [-0.3, -0.25) is 4.79 Å². The van der Waals surface area contributed by atoms with E-state index in [4.69, 9.17) is 16.0 Å². The fraction of sp³-hybridized carbons (Fsp3) is 0.577. The number of amides is 1. The van der Waals surface area contributed by atoms with E-state index < -0.39 is 0 Å². The van der Waals surface area contributed by atoms with E-state index in [2.05, 4.69) is 22.1 Å². The monoisotopic (exact) mass is 468 g/mol. The second kappa shape index (κ2) is 8.24. The molecular formula is C26H33ClN4O2. The zero-order valence-corrected chi connectivity index (χ0v) is 20.0. The molecule has 1 aromatic carbocycles. The lowest BCUT2D eigenvalue weighted by atomic mass is 9.74. The van der Waals surface area contributed by atoms with Gasteiger partial charge in [0.2, 0.25) is 0 Å². The third kappa shape index (κ3) is 3.62. The fourth-order valence-corrected chi connectivity index (χ4v) is 6.85. The van der Waals surface area contributed by atoms with Crippen LogP contribution in [0.2, 0.25) is 5.02 Å². The van der Waals surface area contributed by atoms with Crippen molar-refractivity contribution in [2.24, 2.45) is 0 Å². The average molecular weight is 469 g/mol. The molecule has 2 saturated heterocycles. The van der Waals surface area contributed by atoms with E-state index in [-0.39, 0.29) is 11.4 Å². The first kappa shape index (κ1) is 21.4.